The number of rotatable bonds is 6. The van der Waals surface area contributed by atoms with Crippen molar-refractivity contribution in [2.75, 3.05) is 31.3 Å². The number of carbonyl (C=O) groups is 1. The summed E-state index contributed by atoms with van der Waals surface area (Å²) in [7, 11) is 3.89. The Hall–Kier alpha value is -3.55. The monoisotopic (exact) mass is 479 g/mol. The van der Waals surface area contributed by atoms with Crippen LogP contribution in [-0.4, -0.2) is 41.4 Å². The zero-order valence-corrected chi connectivity index (χ0v) is 20.1. The number of carbonyl (C=O) groups excluding carboxylic acids is 1. The molecule has 1 amide bonds. The molecular formula is C26H27ClFN5O. The fourth-order valence-electron chi connectivity index (χ4n) is 3.13. The van der Waals surface area contributed by atoms with E-state index >= 15 is 0 Å². The van der Waals surface area contributed by atoms with E-state index in [0.717, 1.165) is 28.0 Å². The van der Waals surface area contributed by atoms with E-state index < -0.39 is 0 Å². The number of anilines is 3. The zero-order valence-electron chi connectivity index (χ0n) is 19.3. The lowest BCUT2D eigenvalue weighted by Gasteiger charge is -2.15. The summed E-state index contributed by atoms with van der Waals surface area (Å²) in [5.41, 5.74) is 4.27. The molecule has 2 aromatic carbocycles. The summed E-state index contributed by atoms with van der Waals surface area (Å²) >= 11 is 5.44. The number of nitrogens with one attached hydrogen (secondary N) is 2. The Morgan fingerprint density at radius 2 is 1.76 bits per heavy atom. The highest BCUT2D eigenvalue weighted by Crippen LogP contribution is 2.29. The third kappa shape index (κ3) is 7.50. The topological polar surface area (TPSA) is 70.2 Å². The van der Waals surface area contributed by atoms with E-state index in [4.69, 9.17) is 11.6 Å². The number of hydrogen-bond acceptors (Lipinski definition) is 5. The number of pyridine rings is 2. The first-order valence-corrected chi connectivity index (χ1v) is 11.1. The quantitative estimate of drug-likeness (QED) is 0.352. The van der Waals surface area contributed by atoms with Crippen LogP contribution in [0, 0.1) is 12.7 Å². The highest BCUT2D eigenvalue weighted by atomic mass is 35.5. The Balaban J connectivity index is 0.000000343. The van der Waals surface area contributed by atoms with Crippen molar-refractivity contribution < 1.29 is 9.18 Å². The number of aromatic nitrogens is 2. The SMILES string of the molecule is Cc1cc(Nc2ccncc2NC(=O)CCN(C)C)c2ccccc2n1.Fc1ccc(Cl)cc1. The molecule has 2 heterocycles. The van der Waals surface area contributed by atoms with E-state index in [9.17, 15) is 9.18 Å². The normalized spacial score (nSPS) is 10.5. The van der Waals surface area contributed by atoms with Crippen molar-refractivity contribution in [3.63, 3.8) is 0 Å². The molecular weight excluding hydrogens is 453 g/mol. The van der Waals surface area contributed by atoms with Gasteiger partial charge in [0.05, 0.1) is 23.1 Å². The van der Waals surface area contributed by atoms with Gasteiger partial charge in [-0.25, -0.2) is 4.39 Å². The standard InChI is InChI=1S/C20H23N5O.C6H4ClF/c1-14-12-18(15-6-4-5-7-16(15)22-14)23-17-8-10-21-13-19(17)24-20(26)9-11-25(2)3;7-5-1-3-6(8)4-2-5/h4-8,10,12-13H,9,11H2,1-3H3,(H,24,26)(H,21,22,23);1-4H. The van der Waals surface area contributed by atoms with Crippen molar-refractivity contribution in [1.82, 2.24) is 14.9 Å². The van der Waals surface area contributed by atoms with E-state index in [1.807, 2.05) is 62.3 Å². The van der Waals surface area contributed by atoms with Gasteiger partial charge in [0.2, 0.25) is 5.91 Å². The van der Waals surface area contributed by atoms with Gasteiger partial charge in [0.1, 0.15) is 5.82 Å². The lowest BCUT2D eigenvalue weighted by atomic mass is 10.1. The number of hydrogen-bond donors (Lipinski definition) is 2. The van der Waals surface area contributed by atoms with Gasteiger partial charge in [-0.3, -0.25) is 14.8 Å². The first-order chi connectivity index (χ1) is 16.3. The molecule has 0 radical (unpaired) electrons. The molecule has 4 rings (SSSR count). The van der Waals surface area contributed by atoms with Crippen LogP contribution in [0.4, 0.5) is 21.5 Å². The summed E-state index contributed by atoms with van der Waals surface area (Å²) in [5, 5.41) is 7.95. The molecule has 0 aliphatic rings. The molecule has 0 unspecified atom stereocenters. The molecule has 176 valence electrons. The van der Waals surface area contributed by atoms with E-state index in [-0.39, 0.29) is 11.7 Å². The third-order valence-electron chi connectivity index (χ3n) is 4.80. The third-order valence-corrected chi connectivity index (χ3v) is 5.05. The molecule has 34 heavy (non-hydrogen) atoms. The minimum Gasteiger partial charge on any atom is -0.353 e. The summed E-state index contributed by atoms with van der Waals surface area (Å²) < 4.78 is 12.0. The molecule has 2 aromatic heterocycles. The molecule has 0 spiro atoms. The van der Waals surface area contributed by atoms with E-state index in [1.54, 1.807) is 12.4 Å². The van der Waals surface area contributed by atoms with E-state index in [0.29, 0.717) is 23.7 Å². The van der Waals surface area contributed by atoms with Gasteiger partial charge < -0.3 is 15.5 Å². The Bertz CT molecular complexity index is 1230. The molecule has 0 aliphatic heterocycles. The predicted molar refractivity (Wildman–Crippen MR) is 137 cm³/mol. The van der Waals surface area contributed by atoms with Gasteiger partial charge in [-0.1, -0.05) is 29.8 Å². The maximum Gasteiger partial charge on any atom is 0.225 e. The van der Waals surface area contributed by atoms with Crippen molar-refractivity contribution in [3.05, 3.63) is 89.6 Å². The van der Waals surface area contributed by atoms with E-state index in [2.05, 4.69) is 20.6 Å². The molecule has 4 aromatic rings. The summed E-state index contributed by atoms with van der Waals surface area (Å²) in [5.74, 6) is -0.292. The second-order valence-corrected chi connectivity index (χ2v) is 8.35. The van der Waals surface area contributed by atoms with Gasteiger partial charge in [0.15, 0.2) is 0 Å². The van der Waals surface area contributed by atoms with Crippen LogP contribution in [0.3, 0.4) is 0 Å². The van der Waals surface area contributed by atoms with Crippen LogP contribution in [-0.2, 0) is 4.79 Å². The number of fused-ring (bicyclic) bond motifs is 1. The molecule has 2 N–H and O–H groups in total. The maximum atomic E-state index is 12.2. The highest BCUT2D eigenvalue weighted by molar-refractivity contribution is 6.30. The largest absolute Gasteiger partial charge is 0.353 e. The van der Waals surface area contributed by atoms with Crippen LogP contribution in [0.5, 0.6) is 0 Å². The summed E-state index contributed by atoms with van der Waals surface area (Å²) in [6.45, 7) is 2.66. The first-order valence-electron chi connectivity index (χ1n) is 10.7. The van der Waals surface area contributed by atoms with Gasteiger partial charge in [-0.15, -0.1) is 0 Å². The van der Waals surface area contributed by atoms with Crippen LogP contribution >= 0.6 is 11.6 Å². The summed E-state index contributed by atoms with van der Waals surface area (Å²) in [4.78, 5) is 22.9. The maximum absolute atomic E-state index is 12.2. The first kappa shape index (κ1) is 25.1. The summed E-state index contributed by atoms with van der Waals surface area (Å²) in [6.07, 6.45) is 3.79. The zero-order chi connectivity index (χ0) is 24.5. The second-order valence-electron chi connectivity index (χ2n) is 7.91. The highest BCUT2D eigenvalue weighted by Gasteiger charge is 2.10. The van der Waals surface area contributed by atoms with Crippen LogP contribution in [0.15, 0.2) is 73.1 Å². The predicted octanol–water partition coefficient (Wildman–Crippen LogP) is 6.05. The van der Waals surface area contributed by atoms with Crippen molar-refractivity contribution >= 4 is 45.5 Å². The Labute approximate surface area is 203 Å². The van der Waals surface area contributed by atoms with Crippen molar-refractivity contribution in [1.29, 1.82) is 0 Å². The fraction of sp³-hybridized carbons (Fsp3) is 0.192. The molecule has 0 fully saturated rings. The fourth-order valence-corrected chi connectivity index (χ4v) is 3.25. The van der Waals surface area contributed by atoms with Gasteiger partial charge in [-0.2, -0.15) is 0 Å². The van der Waals surface area contributed by atoms with Crippen molar-refractivity contribution in [2.24, 2.45) is 0 Å². The molecule has 8 heteroatoms. The lowest BCUT2D eigenvalue weighted by molar-refractivity contribution is -0.116. The number of halogens is 2. The number of benzene rings is 2. The van der Waals surface area contributed by atoms with Crippen LogP contribution in [0.2, 0.25) is 5.02 Å². The van der Waals surface area contributed by atoms with Crippen LogP contribution in [0.1, 0.15) is 12.1 Å². The van der Waals surface area contributed by atoms with Gasteiger partial charge in [0.25, 0.3) is 0 Å². The van der Waals surface area contributed by atoms with Crippen LogP contribution < -0.4 is 10.6 Å². The number of amides is 1. The molecule has 0 saturated carbocycles. The summed E-state index contributed by atoms with van der Waals surface area (Å²) in [6, 6.07) is 17.5. The molecule has 0 saturated heterocycles. The van der Waals surface area contributed by atoms with Crippen molar-refractivity contribution in [2.45, 2.75) is 13.3 Å². The molecule has 0 atom stereocenters. The number of para-hydroxylation sites is 1. The lowest BCUT2D eigenvalue weighted by Crippen LogP contribution is -2.21. The van der Waals surface area contributed by atoms with Crippen LogP contribution in [0.25, 0.3) is 10.9 Å². The van der Waals surface area contributed by atoms with Gasteiger partial charge in [-0.05, 0) is 63.5 Å². The minimum absolute atomic E-state index is 0.0366. The second kappa shape index (κ2) is 12.1. The number of nitrogens with zero attached hydrogens (tertiary/aromatic N) is 3. The molecule has 6 nitrogen and oxygen atoms in total. The Morgan fingerprint density at radius 1 is 1.03 bits per heavy atom. The number of aryl methyl sites for hydroxylation is 1. The van der Waals surface area contributed by atoms with E-state index in [1.165, 1.54) is 24.3 Å². The van der Waals surface area contributed by atoms with Gasteiger partial charge >= 0.3 is 0 Å². The van der Waals surface area contributed by atoms with Crippen molar-refractivity contribution in [3.8, 4) is 0 Å². The molecule has 0 bridgehead atoms. The van der Waals surface area contributed by atoms with Gasteiger partial charge in [0, 0.05) is 41.0 Å². The Kier molecular flexibility index (Phi) is 8.90. The average molecular weight is 480 g/mol. The minimum atomic E-state index is -0.255. The smallest absolute Gasteiger partial charge is 0.225 e. The molecule has 0 aliphatic carbocycles. The Morgan fingerprint density at radius 3 is 2.47 bits per heavy atom. The average Bonchev–Trinajstić information content (AvgIpc) is 2.81.